The molecule has 0 saturated heterocycles. The Hall–Kier alpha value is -2.84. The molecule has 0 bridgehead atoms. The van der Waals surface area contributed by atoms with Crippen molar-refractivity contribution in [2.24, 2.45) is 0 Å². The summed E-state index contributed by atoms with van der Waals surface area (Å²) < 4.78 is 5.20. The summed E-state index contributed by atoms with van der Waals surface area (Å²) in [6, 6.07) is 12.2. The standard InChI is InChI=1S/C20H19ClN2O3/c1-12-4-5-15(8-13(12)2)9-19(24)26-14(3)20(25)23-17-7-6-16(11-22)18(21)10-17/h4-8,10,14H,9H2,1-3H3,(H,23,25)/t14-/m0/s1. The van der Waals surface area contributed by atoms with Crippen molar-refractivity contribution in [3.05, 3.63) is 63.7 Å². The van der Waals surface area contributed by atoms with Crippen molar-refractivity contribution in [3.8, 4) is 6.07 Å². The van der Waals surface area contributed by atoms with E-state index < -0.39 is 18.0 Å². The number of hydrogen-bond acceptors (Lipinski definition) is 4. The van der Waals surface area contributed by atoms with Gasteiger partial charge in [-0.05, 0) is 55.7 Å². The van der Waals surface area contributed by atoms with Gasteiger partial charge in [-0.15, -0.1) is 0 Å². The monoisotopic (exact) mass is 370 g/mol. The molecule has 1 amide bonds. The summed E-state index contributed by atoms with van der Waals surface area (Å²) >= 11 is 5.93. The third kappa shape index (κ3) is 5.08. The highest BCUT2D eigenvalue weighted by Crippen LogP contribution is 2.20. The first-order chi connectivity index (χ1) is 12.3. The topological polar surface area (TPSA) is 79.2 Å². The Labute approximate surface area is 157 Å². The maximum absolute atomic E-state index is 12.2. The number of amides is 1. The van der Waals surface area contributed by atoms with Crippen LogP contribution in [0.2, 0.25) is 5.02 Å². The number of ether oxygens (including phenoxy) is 1. The van der Waals surface area contributed by atoms with Crippen molar-refractivity contribution in [1.29, 1.82) is 5.26 Å². The molecule has 0 saturated carbocycles. The van der Waals surface area contributed by atoms with Gasteiger partial charge in [-0.2, -0.15) is 5.26 Å². The lowest BCUT2D eigenvalue weighted by Crippen LogP contribution is -2.30. The molecular weight excluding hydrogens is 352 g/mol. The van der Waals surface area contributed by atoms with Gasteiger partial charge in [0, 0.05) is 5.69 Å². The maximum Gasteiger partial charge on any atom is 0.311 e. The Balaban J connectivity index is 1.93. The molecule has 5 nitrogen and oxygen atoms in total. The fourth-order valence-electron chi connectivity index (χ4n) is 2.30. The first kappa shape index (κ1) is 19.5. The lowest BCUT2D eigenvalue weighted by Gasteiger charge is -2.14. The van der Waals surface area contributed by atoms with E-state index in [0.717, 1.165) is 16.7 Å². The molecule has 26 heavy (non-hydrogen) atoms. The smallest absolute Gasteiger partial charge is 0.311 e. The second-order valence-corrected chi connectivity index (χ2v) is 6.43. The van der Waals surface area contributed by atoms with Crippen molar-refractivity contribution in [1.82, 2.24) is 0 Å². The number of nitrogens with zero attached hydrogens (tertiary/aromatic N) is 1. The van der Waals surface area contributed by atoms with Crippen LogP contribution in [0.5, 0.6) is 0 Å². The molecule has 0 unspecified atom stereocenters. The van der Waals surface area contributed by atoms with Crippen molar-refractivity contribution in [2.75, 3.05) is 5.32 Å². The Bertz CT molecular complexity index is 887. The Morgan fingerprint density at radius 2 is 1.92 bits per heavy atom. The number of anilines is 1. The van der Waals surface area contributed by atoms with Gasteiger partial charge in [-0.3, -0.25) is 9.59 Å². The van der Waals surface area contributed by atoms with Gasteiger partial charge in [-0.1, -0.05) is 29.8 Å². The van der Waals surface area contributed by atoms with Crippen molar-refractivity contribution in [3.63, 3.8) is 0 Å². The summed E-state index contributed by atoms with van der Waals surface area (Å²) in [5, 5.41) is 11.7. The lowest BCUT2D eigenvalue weighted by atomic mass is 10.0. The number of nitrogens with one attached hydrogen (secondary N) is 1. The highest BCUT2D eigenvalue weighted by atomic mass is 35.5. The molecule has 0 aliphatic carbocycles. The van der Waals surface area contributed by atoms with Crippen LogP contribution in [0.25, 0.3) is 0 Å². The summed E-state index contributed by atoms with van der Waals surface area (Å²) in [6.45, 7) is 5.47. The average Bonchev–Trinajstić information content (AvgIpc) is 2.58. The van der Waals surface area contributed by atoms with Crippen LogP contribution >= 0.6 is 11.6 Å². The molecular formula is C20H19ClN2O3. The number of rotatable bonds is 5. The molecule has 0 radical (unpaired) electrons. The Morgan fingerprint density at radius 3 is 2.54 bits per heavy atom. The van der Waals surface area contributed by atoms with Gasteiger partial charge < -0.3 is 10.1 Å². The second kappa shape index (κ2) is 8.50. The number of carbonyl (C=O) groups is 2. The molecule has 1 atom stereocenters. The van der Waals surface area contributed by atoms with Gasteiger partial charge in [0.05, 0.1) is 17.0 Å². The van der Waals surface area contributed by atoms with Gasteiger partial charge >= 0.3 is 5.97 Å². The van der Waals surface area contributed by atoms with E-state index >= 15 is 0 Å². The Morgan fingerprint density at radius 1 is 1.19 bits per heavy atom. The normalized spacial score (nSPS) is 11.3. The quantitative estimate of drug-likeness (QED) is 0.808. The Kier molecular flexibility index (Phi) is 6.37. The van der Waals surface area contributed by atoms with Gasteiger partial charge in [0.2, 0.25) is 0 Å². The summed E-state index contributed by atoms with van der Waals surface area (Å²) in [6.07, 6.45) is -0.856. The van der Waals surface area contributed by atoms with E-state index in [1.54, 1.807) is 6.07 Å². The van der Waals surface area contributed by atoms with Crippen LogP contribution in [-0.2, 0) is 20.7 Å². The molecule has 0 aliphatic heterocycles. The summed E-state index contributed by atoms with van der Waals surface area (Å²) in [7, 11) is 0. The second-order valence-electron chi connectivity index (χ2n) is 6.02. The van der Waals surface area contributed by atoms with E-state index in [2.05, 4.69) is 5.32 Å². The SMILES string of the molecule is Cc1ccc(CC(=O)O[C@@H](C)C(=O)Nc2ccc(C#N)c(Cl)c2)cc1C. The number of benzene rings is 2. The third-order valence-corrected chi connectivity index (χ3v) is 4.27. The van der Waals surface area contributed by atoms with Gasteiger partial charge in [0.15, 0.2) is 6.10 Å². The van der Waals surface area contributed by atoms with Gasteiger partial charge in [0.1, 0.15) is 6.07 Å². The third-order valence-electron chi connectivity index (χ3n) is 3.95. The maximum atomic E-state index is 12.2. The molecule has 6 heteroatoms. The summed E-state index contributed by atoms with van der Waals surface area (Å²) in [4.78, 5) is 24.2. The molecule has 0 aromatic heterocycles. The largest absolute Gasteiger partial charge is 0.452 e. The molecule has 2 aromatic rings. The van der Waals surface area contributed by atoms with Crippen molar-refractivity contribution >= 4 is 29.2 Å². The molecule has 1 N–H and O–H groups in total. The number of halogens is 1. The minimum Gasteiger partial charge on any atom is -0.452 e. The van der Waals surface area contributed by atoms with Crippen LogP contribution in [-0.4, -0.2) is 18.0 Å². The summed E-state index contributed by atoms with van der Waals surface area (Å²) in [5.74, 6) is -0.951. The first-order valence-electron chi connectivity index (χ1n) is 8.06. The molecule has 0 heterocycles. The predicted molar refractivity (Wildman–Crippen MR) is 100.0 cm³/mol. The molecule has 0 fully saturated rings. The molecule has 134 valence electrons. The zero-order chi connectivity index (χ0) is 19.3. The van der Waals surface area contributed by atoms with Crippen LogP contribution in [0.4, 0.5) is 5.69 Å². The number of nitriles is 1. The van der Waals surface area contributed by atoms with E-state index in [-0.39, 0.29) is 11.4 Å². The van der Waals surface area contributed by atoms with Gasteiger partial charge in [0.25, 0.3) is 5.91 Å². The number of aryl methyl sites for hydroxylation is 2. The fraction of sp³-hybridized carbons (Fsp3) is 0.250. The number of esters is 1. The van der Waals surface area contributed by atoms with Crippen LogP contribution in [0.15, 0.2) is 36.4 Å². The van der Waals surface area contributed by atoms with E-state index in [1.165, 1.54) is 19.1 Å². The number of hydrogen-bond donors (Lipinski definition) is 1. The van der Waals surface area contributed by atoms with Crippen LogP contribution < -0.4 is 5.32 Å². The minimum atomic E-state index is -0.955. The van der Waals surface area contributed by atoms with E-state index in [4.69, 9.17) is 21.6 Å². The van der Waals surface area contributed by atoms with E-state index in [0.29, 0.717) is 11.3 Å². The van der Waals surface area contributed by atoms with Gasteiger partial charge in [-0.25, -0.2) is 0 Å². The van der Waals surface area contributed by atoms with E-state index in [9.17, 15) is 9.59 Å². The molecule has 0 aliphatic rings. The van der Waals surface area contributed by atoms with E-state index in [1.807, 2.05) is 38.1 Å². The molecule has 2 rings (SSSR count). The fourth-order valence-corrected chi connectivity index (χ4v) is 2.52. The minimum absolute atomic E-state index is 0.0986. The highest BCUT2D eigenvalue weighted by Gasteiger charge is 2.18. The van der Waals surface area contributed by atoms with Crippen LogP contribution in [0, 0.1) is 25.2 Å². The number of carbonyl (C=O) groups excluding carboxylic acids is 2. The predicted octanol–water partition coefficient (Wildman–Crippen LogP) is 3.94. The summed E-state index contributed by atoms with van der Waals surface area (Å²) in [5.41, 5.74) is 3.83. The molecule has 0 spiro atoms. The molecule has 2 aromatic carbocycles. The van der Waals surface area contributed by atoms with Crippen molar-refractivity contribution in [2.45, 2.75) is 33.3 Å². The van der Waals surface area contributed by atoms with Crippen LogP contribution in [0.1, 0.15) is 29.2 Å². The highest BCUT2D eigenvalue weighted by molar-refractivity contribution is 6.32. The zero-order valence-corrected chi connectivity index (χ0v) is 15.6. The lowest BCUT2D eigenvalue weighted by molar-refractivity contribution is -0.152. The van der Waals surface area contributed by atoms with Crippen molar-refractivity contribution < 1.29 is 14.3 Å². The average molecular weight is 371 g/mol. The van der Waals surface area contributed by atoms with Crippen LogP contribution in [0.3, 0.4) is 0 Å². The zero-order valence-electron chi connectivity index (χ0n) is 14.8. The first-order valence-corrected chi connectivity index (χ1v) is 8.44.